The number of aromatic nitrogens is 1. The molecule has 5 nitrogen and oxygen atoms in total. The molecule has 0 aliphatic rings. The van der Waals surface area contributed by atoms with Gasteiger partial charge in [0, 0.05) is 23.0 Å². The smallest absolute Gasteiger partial charge is 0.303 e. The topological polar surface area (TPSA) is 71.5 Å². The van der Waals surface area contributed by atoms with E-state index in [1.54, 1.807) is 0 Å². The van der Waals surface area contributed by atoms with E-state index in [2.05, 4.69) is 49.2 Å². The van der Waals surface area contributed by atoms with Crippen LogP contribution in [0.5, 0.6) is 11.5 Å². The van der Waals surface area contributed by atoms with E-state index in [9.17, 15) is 4.79 Å². The molecule has 0 aliphatic carbocycles. The van der Waals surface area contributed by atoms with Crippen molar-refractivity contribution in [3.63, 3.8) is 0 Å². The zero-order chi connectivity index (χ0) is 23.9. The third kappa shape index (κ3) is 6.19. The van der Waals surface area contributed by atoms with E-state index in [0.717, 1.165) is 45.6 Å². The third-order valence-corrected chi connectivity index (χ3v) is 5.65. The summed E-state index contributed by atoms with van der Waals surface area (Å²) < 4.78 is 11.8. The van der Waals surface area contributed by atoms with Crippen molar-refractivity contribution in [2.75, 3.05) is 6.61 Å². The number of hydrogen-bond donors (Lipinski definition) is 2. The van der Waals surface area contributed by atoms with E-state index in [1.807, 2.05) is 42.5 Å². The Bertz CT molecular complexity index is 1220. The molecule has 0 saturated carbocycles. The second kappa shape index (κ2) is 10.9. The number of fused-ring (bicyclic) bond motifs is 1. The minimum Gasteiger partial charge on any atom is -0.494 e. The van der Waals surface area contributed by atoms with Crippen LogP contribution in [-0.4, -0.2) is 22.7 Å². The number of aliphatic carboxylic acids is 1. The molecule has 0 bridgehead atoms. The average molecular weight is 458 g/mol. The van der Waals surface area contributed by atoms with Gasteiger partial charge in [-0.3, -0.25) is 4.79 Å². The summed E-state index contributed by atoms with van der Waals surface area (Å²) in [4.78, 5) is 14.1. The highest BCUT2D eigenvalue weighted by molar-refractivity contribution is 5.90. The summed E-state index contributed by atoms with van der Waals surface area (Å²) >= 11 is 0. The van der Waals surface area contributed by atoms with Crippen LogP contribution in [0.25, 0.3) is 22.2 Å². The molecule has 176 valence electrons. The van der Waals surface area contributed by atoms with Crippen molar-refractivity contribution >= 4 is 16.9 Å². The molecule has 0 saturated heterocycles. The number of carbonyl (C=O) groups is 1. The molecule has 34 heavy (non-hydrogen) atoms. The van der Waals surface area contributed by atoms with Crippen LogP contribution in [0, 0.1) is 5.92 Å². The number of aromatic amines is 1. The highest BCUT2D eigenvalue weighted by Gasteiger charge is 2.09. The lowest BCUT2D eigenvalue weighted by molar-refractivity contribution is -0.137. The number of benzene rings is 3. The van der Waals surface area contributed by atoms with Crippen molar-refractivity contribution in [1.82, 2.24) is 4.98 Å². The molecule has 0 radical (unpaired) electrons. The fraction of sp³-hybridized carbons (Fsp3) is 0.276. The Morgan fingerprint density at radius 2 is 1.68 bits per heavy atom. The van der Waals surface area contributed by atoms with E-state index in [4.69, 9.17) is 14.6 Å². The first kappa shape index (κ1) is 23.4. The molecule has 0 fully saturated rings. The maximum Gasteiger partial charge on any atom is 0.303 e. The summed E-state index contributed by atoms with van der Waals surface area (Å²) in [5.41, 5.74) is 5.57. The van der Waals surface area contributed by atoms with Crippen molar-refractivity contribution in [2.45, 2.75) is 39.7 Å². The highest BCUT2D eigenvalue weighted by Crippen LogP contribution is 2.32. The first-order valence-electron chi connectivity index (χ1n) is 11.8. The van der Waals surface area contributed by atoms with Crippen molar-refractivity contribution in [1.29, 1.82) is 0 Å². The quantitative estimate of drug-likeness (QED) is 0.241. The van der Waals surface area contributed by atoms with Crippen LogP contribution < -0.4 is 9.47 Å². The first-order chi connectivity index (χ1) is 16.5. The maximum absolute atomic E-state index is 10.6. The van der Waals surface area contributed by atoms with Gasteiger partial charge in [-0.25, -0.2) is 0 Å². The summed E-state index contributed by atoms with van der Waals surface area (Å²) in [5.74, 6) is 1.43. The Hall–Kier alpha value is -3.73. The molecule has 2 N–H and O–H groups in total. The minimum atomic E-state index is -0.805. The lowest BCUT2D eigenvalue weighted by Crippen LogP contribution is -2.01. The van der Waals surface area contributed by atoms with Crippen LogP contribution in [0.15, 0.2) is 72.8 Å². The Balaban J connectivity index is 1.42. The molecule has 4 aromatic rings. The van der Waals surface area contributed by atoms with Gasteiger partial charge in [0.2, 0.25) is 0 Å². The molecule has 0 amide bonds. The lowest BCUT2D eigenvalue weighted by Gasteiger charge is -2.09. The number of carboxylic acids is 1. The molecule has 1 aromatic heterocycles. The number of carboxylic acid groups (broad SMARTS) is 1. The predicted octanol–water partition coefficient (Wildman–Crippen LogP) is 6.86. The van der Waals surface area contributed by atoms with Gasteiger partial charge >= 0.3 is 5.97 Å². The van der Waals surface area contributed by atoms with Crippen LogP contribution in [0.1, 0.15) is 37.8 Å². The fourth-order valence-corrected chi connectivity index (χ4v) is 3.96. The maximum atomic E-state index is 10.6. The Labute approximate surface area is 200 Å². The van der Waals surface area contributed by atoms with Gasteiger partial charge in [-0.15, -0.1) is 0 Å². The second-order valence-corrected chi connectivity index (χ2v) is 8.97. The summed E-state index contributed by atoms with van der Waals surface area (Å²) in [6.45, 7) is 5.38. The van der Waals surface area contributed by atoms with Crippen LogP contribution in [0.4, 0.5) is 0 Å². The van der Waals surface area contributed by atoms with Crippen LogP contribution in [-0.2, 0) is 17.8 Å². The van der Waals surface area contributed by atoms with Gasteiger partial charge in [0.15, 0.2) is 0 Å². The SMILES string of the molecule is CC(C)Cc1ccc(COc2cccc3[nH]c(-c4ccc(OCCCC(=O)O)cc4)cc23)cc1. The normalized spacial score (nSPS) is 11.1. The molecular formula is C29H31NO4. The number of ether oxygens (including phenoxy) is 2. The molecule has 5 heteroatoms. The summed E-state index contributed by atoms with van der Waals surface area (Å²) in [6, 6.07) is 24.6. The number of H-pyrrole nitrogens is 1. The van der Waals surface area contributed by atoms with Crippen LogP contribution >= 0.6 is 0 Å². The monoisotopic (exact) mass is 457 g/mol. The number of hydrogen-bond acceptors (Lipinski definition) is 3. The molecule has 1 heterocycles. The zero-order valence-corrected chi connectivity index (χ0v) is 19.7. The van der Waals surface area contributed by atoms with Crippen molar-refractivity contribution < 1.29 is 19.4 Å². The van der Waals surface area contributed by atoms with Crippen molar-refractivity contribution in [2.24, 2.45) is 5.92 Å². The largest absolute Gasteiger partial charge is 0.494 e. The molecule has 0 aliphatic heterocycles. The molecular weight excluding hydrogens is 426 g/mol. The second-order valence-electron chi connectivity index (χ2n) is 8.97. The summed E-state index contributed by atoms with van der Waals surface area (Å²) in [7, 11) is 0. The van der Waals surface area contributed by atoms with Gasteiger partial charge in [-0.05, 0) is 77.9 Å². The standard InChI is InChI=1S/C29H31NO4/c1-20(2)17-21-8-10-22(11-9-21)19-34-28-6-3-5-26-25(28)18-27(30-26)23-12-14-24(15-13-23)33-16-4-7-29(31)32/h3,5-6,8-15,18,20,30H,4,7,16-17,19H2,1-2H3,(H,31,32). The fourth-order valence-electron chi connectivity index (χ4n) is 3.96. The van der Waals surface area contributed by atoms with Crippen molar-refractivity contribution in [3.05, 3.63) is 83.9 Å². The Kier molecular flexibility index (Phi) is 7.53. The van der Waals surface area contributed by atoms with Gasteiger partial charge in [-0.1, -0.05) is 44.2 Å². The van der Waals surface area contributed by atoms with E-state index in [-0.39, 0.29) is 6.42 Å². The zero-order valence-electron chi connectivity index (χ0n) is 19.7. The summed E-state index contributed by atoms with van der Waals surface area (Å²) in [6.07, 6.45) is 1.69. The van der Waals surface area contributed by atoms with Gasteiger partial charge in [-0.2, -0.15) is 0 Å². The molecule has 4 rings (SSSR count). The van der Waals surface area contributed by atoms with Gasteiger partial charge < -0.3 is 19.6 Å². The summed E-state index contributed by atoms with van der Waals surface area (Å²) in [5, 5.41) is 9.76. The lowest BCUT2D eigenvalue weighted by atomic mass is 10.0. The van der Waals surface area contributed by atoms with E-state index < -0.39 is 5.97 Å². The average Bonchev–Trinajstić information content (AvgIpc) is 3.26. The molecule has 3 aromatic carbocycles. The van der Waals surface area contributed by atoms with Crippen molar-refractivity contribution in [3.8, 4) is 22.8 Å². The number of rotatable bonds is 11. The van der Waals surface area contributed by atoms with Gasteiger partial charge in [0.1, 0.15) is 18.1 Å². The van der Waals surface area contributed by atoms with Crippen LogP contribution in [0.2, 0.25) is 0 Å². The molecule has 0 unspecified atom stereocenters. The minimum absolute atomic E-state index is 0.112. The Morgan fingerprint density at radius 3 is 2.38 bits per heavy atom. The van der Waals surface area contributed by atoms with Crippen LogP contribution in [0.3, 0.4) is 0 Å². The van der Waals surface area contributed by atoms with Gasteiger partial charge in [0.25, 0.3) is 0 Å². The Morgan fingerprint density at radius 1 is 0.941 bits per heavy atom. The van der Waals surface area contributed by atoms with E-state index in [1.165, 1.54) is 5.56 Å². The molecule has 0 atom stereocenters. The number of nitrogens with one attached hydrogen (secondary N) is 1. The first-order valence-corrected chi connectivity index (χ1v) is 11.8. The predicted molar refractivity (Wildman–Crippen MR) is 135 cm³/mol. The molecule has 0 spiro atoms. The van der Waals surface area contributed by atoms with E-state index in [0.29, 0.717) is 25.6 Å². The highest BCUT2D eigenvalue weighted by atomic mass is 16.5. The van der Waals surface area contributed by atoms with E-state index >= 15 is 0 Å². The third-order valence-electron chi connectivity index (χ3n) is 5.65. The van der Waals surface area contributed by atoms with Gasteiger partial charge in [0.05, 0.1) is 6.61 Å².